The molecule has 1 N–H and O–H groups in total. The van der Waals surface area contributed by atoms with E-state index in [0.29, 0.717) is 0 Å². The van der Waals surface area contributed by atoms with Gasteiger partial charge < -0.3 is 5.32 Å². The summed E-state index contributed by atoms with van der Waals surface area (Å²) in [6.45, 7) is 6.19. The third kappa shape index (κ3) is 2.58. The molecular formula is C19H21NO. The van der Waals surface area contributed by atoms with Crippen LogP contribution in [0.2, 0.25) is 0 Å². The van der Waals surface area contributed by atoms with Gasteiger partial charge in [0.25, 0.3) is 5.91 Å². The zero-order valence-corrected chi connectivity index (χ0v) is 12.9. The molecule has 2 aromatic rings. The molecule has 0 fully saturated rings. The molecule has 0 atom stereocenters. The second-order valence-corrected chi connectivity index (χ2v) is 6.38. The smallest absolute Gasteiger partial charge is 0.251 e. The van der Waals surface area contributed by atoms with Crippen molar-refractivity contribution in [3.05, 3.63) is 70.3 Å². The molecule has 1 amide bonds. The van der Waals surface area contributed by atoms with Crippen molar-refractivity contribution >= 4 is 5.91 Å². The number of hydrogen-bond acceptors (Lipinski definition) is 1. The van der Waals surface area contributed by atoms with Gasteiger partial charge in [-0.1, -0.05) is 36.4 Å². The lowest BCUT2D eigenvalue weighted by molar-refractivity contribution is 0.0909. The number of benzene rings is 2. The molecule has 0 saturated heterocycles. The molecule has 2 nitrogen and oxygen atoms in total. The van der Waals surface area contributed by atoms with Gasteiger partial charge in [0.2, 0.25) is 0 Å². The molecule has 0 spiro atoms. The van der Waals surface area contributed by atoms with E-state index in [1.807, 2.05) is 32.0 Å². The van der Waals surface area contributed by atoms with E-state index in [9.17, 15) is 4.79 Å². The highest BCUT2D eigenvalue weighted by atomic mass is 16.1. The van der Waals surface area contributed by atoms with E-state index in [0.717, 1.165) is 29.5 Å². The molecular weight excluding hydrogens is 258 g/mol. The molecule has 0 heterocycles. The van der Waals surface area contributed by atoms with E-state index >= 15 is 0 Å². The third-order valence-electron chi connectivity index (χ3n) is 4.54. The van der Waals surface area contributed by atoms with Crippen LogP contribution < -0.4 is 5.32 Å². The maximum atomic E-state index is 12.6. The van der Waals surface area contributed by atoms with Crippen LogP contribution in [-0.4, -0.2) is 11.4 Å². The largest absolute Gasteiger partial charge is 0.346 e. The average molecular weight is 279 g/mol. The Balaban J connectivity index is 1.81. The molecule has 0 saturated carbocycles. The van der Waals surface area contributed by atoms with Gasteiger partial charge in [-0.05, 0) is 61.9 Å². The van der Waals surface area contributed by atoms with Crippen LogP contribution in [-0.2, 0) is 12.8 Å². The van der Waals surface area contributed by atoms with E-state index in [1.54, 1.807) is 0 Å². The molecule has 0 bridgehead atoms. The van der Waals surface area contributed by atoms with Gasteiger partial charge in [0.1, 0.15) is 0 Å². The zero-order chi connectivity index (χ0) is 15.0. The summed E-state index contributed by atoms with van der Waals surface area (Å²) in [5.41, 5.74) is 5.52. The molecule has 108 valence electrons. The predicted octanol–water partition coefficient (Wildman–Crippen LogP) is 3.59. The van der Waals surface area contributed by atoms with Crippen molar-refractivity contribution in [1.29, 1.82) is 0 Å². The standard InChI is InChI=1S/C19H21NO/c1-13-7-6-10-17(14(13)2)18(21)20-19(3)11-15-8-4-5-9-16(15)12-19/h4-10H,11-12H2,1-3H3,(H,20,21). The van der Waals surface area contributed by atoms with Crippen LogP contribution in [0.4, 0.5) is 0 Å². The van der Waals surface area contributed by atoms with Gasteiger partial charge >= 0.3 is 0 Å². The minimum atomic E-state index is -0.184. The van der Waals surface area contributed by atoms with Crippen LogP contribution in [0.15, 0.2) is 42.5 Å². The summed E-state index contributed by atoms with van der Waals surface area (Å²) in [6, 6.07) is 14.3. The minimum absolute atomic E-state index is 0.0338. The first-order chi connectivity index (χ1) is 9.98. The van der Waals surface area contributed by atoms with Gasteiger partial charge in [0.05, 0.1) is 0 Å². The number of amides is 1. The summed E-state index contributed by atoms with van der Waals surface area (Å²) in [4.78, 5) is 12.6. The lowest BCUT2D eigenvalue weighted by Gasteiger charge is -2.26. The van der Waals surface area contributed by atoms with Crippen molar-refractivity contribution in [2.45, 2.75) is 39.2 Å². The first-order valence-electron chi connectivity index (χ1n) is 7.44. The Morgan fingerprint density at radius 2 is 1.62 bits per heavy atom. The van der Waals surface area contributed by atoms with E-state index in [-0.39, 0.29) is 11.4 Å². The van der Waals surface area contributed by atoms with E-state index in [1.165, 1.54) is 11.1 Å². The normalized spacial score (nSPS) is 15.6. The SMILES string of the molecule is Cc1cccc(C(=O)NC2(C)Cc3ccccc3C2)c1C. The zero-order valence-electron chi connectivity index (χ0n) is 12.9. The molecule has 0 aliphatic heterocycles. The van der Waals surface area contributed by atoms with Crippen molar-refractivity contribution in [3.8, 4) is 0 Å². The Morgan fingerprint density at radius 1 is 1.00 bits per heavy atom. The number of nitrogens with one attached hydrogen (secondary N) is 1. The maximum absolute atomic E-state index is 12.6. The lowest BCUT2D eigenvalue weighted by Crippen LogP contribution is -2.47. The van der Waals surface area contributed by atoms with Crippen molar-refractivity contribution < 1.29 is 4.79 Å². The summed E-state index contributed by atoms with van der Waals surface area (Å²) >= 11 is 0. The van der Waals surface area contributed by atoms with E-state index in [4.69, 9.17) is 0 Å². The first-order valence-corrected chi connectivity index (χ1v) is 7.44. The lowest BCUT2D eigenvalue weighted by atomic mass is 9.96. The quantitative estimate of drug-likeness (QED) is 0.894. The fourth-order valence-electron chi connectivity index (χ4n) is 3.23. The number of hydrogen-bond donors (Lipinski definition) is 1. The Bertz CT molecular complexity index is 677. The third-order valence-corrected chi connectivity index (χ3v) is 4.54. The molecule has 2 heteroatoms. The van der Waals surface area contributed by atoms with Gasteiger partial charge in [-0.25, -0.2) is 0 Å². The second kappa shape index (κ2) is 5.03. The van der Waals surface area contributed by atoms with Gasteiger partial charge in [-0.3, -0.25) is 4.79 Å². The summed E-state index contributed by atoms with van der Waals surface area (Å²) < 4.78 is 0. The molecule has 1 aliphatic carbocycles. The van der Waals surface area contributed by atoms with Crippen molar-refractivity contribution in [3.63, 3.8) is 0 Å². The Kier molecular flexibility index (Phi) is 3.32. The monoisotopic (exact) mass is 279 g/mol. The Hall–Kier alpha value is -2.09. The van der Waals surface area contributed by atoms with Crippen molar-refractivity contribution in [2.24, 2.45) is 0 Å². The van der Waals surface area contributed by atoms with E-state index < -0.39 is 0 Å². The molecule has 21 heavy (non-hydrogen) atoms. The van der Waals surface area contributed by atoms with Crippen LogP contribution in [0.1, 0.15) is 39.5 Å². The van der Waals surface area contributed by atoms with Crippen LogP contribution in [0.5, 0.6) is 0 Å². The highest BCUT2D eigenvalue weighted by molar-refractivity contribution is 5.96. The van der Waals surface area contributed by atoms with Crippen LogP contribution in [0, 0.1) is 13.8 Å². The summed E-state index contributed by atoms with van der Waals surface area (Å²) in [5.74, 6) is 0.0338. The van der Waals surface area contributed by atoms with Crippen molar-refractivity contribution in [2.75, 3.05) is 0 Å². The average Bonchev–Trinajstić information content (AvgIpc) is 2.77. The molecule has 0 radical (unpaired) electrons. The van der Waals surface area contributed by atoms with Crippen molar-refractivity contribution in [1.82, 2.24) is 5.32 Å². The number of carbonyl (C=O) groups excluding carboxylic acids is 1. The maximum Gasteiger partial charge on any atom is 0.251 e. The number of aryl methyl sites for hydroxylation is 1. The van der Waals surface area contributed by atoms with E-state index in [2.05, 4.69) is 36.5 Å². The van der Waals surface area contributed by atoms with Gasteiger partial charge in [0, 0.05) is 11.1 Å². The van der Waals surface area contributed by atoms with Crippen LogP contribution >= 0.6 is 0 Å². The molecule has 2 aromatic carbocycles. The summed E-state index contributed by atoms with van der Waals surface area (Å²) in [6.07, 6.45) is 1.81. The number of carbonyl (C=O) groups is 1. The predicted molar refractivity (Wildman–Crippen MR) is 85.6 cm³/mol. The fraction of sp³-hybridized carbons (Fsp3) is 0.316. The van der Waals surface area contributed by atoms with Crippen LogP contribution in [0.3, 0.4) is 0 Å². The van der Waals surface area contributed by atoms with Gasteiger partial charge in [-0.2, -0.15) is 0 Å². The molecule has 0 aromatic heterocycles. The Morgan fingerprint density at radius 3 is 2.24 bits per heavy atom. The molecule has 1 aliphatic rings. The number of rotatable bonds is 2. The van der Waals surface area contributed by atoms with Crippen LogP contribution in [0.25, 0.3) is 0 Å². The van der Waals surface area contributed by atoms with Gasteiger partial charge in [0.15, 0.2) is 0 Å². The Labute approximate surface area is 126 Å². The minimum Gasteiger partial charge on any atom is -0.346 e. The summed E-state index contributed by atoms with van der Waals surface area (Å²) in [7, 11) is 0. The first kappa shape index (κ1) is 13.9. The molecule has 0 unspecified atom stereocenters. The highest BCUT2D eigenvalue weighted by Gasteiger charge is 2.34. The second-order valence-electron chi connectivity index (χ2n) is 6.38. The fourth-order valence-corrected chi connectivity index (χ4v) is 3.23. The number of fused-ring (bicyclic) bond motifs is 1. The van der Waals surface area contributed by atoms with Gasteiger partial charge in [-0.15, -0.1) is 0 Å². The topological polar surface area (TPSA) is 29.1 Å². The highest BCUT2D eigenvalue weighted by Crippen LogP contribution is 2.30. The molecule has 3 rings (SSSR count). The summed E-state index contributed by atoms with van der Waals surface area (Å²) in [5, 5.41) is 3.25.